The number of morpholine rings is 1. The van der Waals surface area contributed by atoms with Crippen LogP contribution in [-0.2, 0) is 4.74 Å². The number of nitrogens with zero attached hydrogens (tertiary/aromatic N) is 5. The first-order chi connectivity index (χ1) is 17.2. The second kappa shape index (κ2) is 8.77. The van der Waals surface area contributed by atoms with E-state index >= 15 is 0 Å². The van der Waals surface area contributed by atoms with Gasteiger partial charge in [-0.1, -0.05) is 67.2 Å². The zero-order valence-electron chi connectivity index (χ0n) is 19.2. The highest BCUT2D eigenvalue weighted by Gasteiger charge is 2.25. The lowest BCUT2D eigenvalue weighted by Gasteiger charge is -2.31. The number of fused-ring (bicyclic) bond motifs is 1. The van der Waals surface area contributed by atoms with Crippen molar-refractivity contribution < 1.29 is 9.84 Å². The first kappa shape index (κ1) is 21.2. The molecule has 2 aliphatic heterocycles. The van der Waals surface area contributed by atoms with E-state index in [4.69, 9.17) is 14.9 Å². The molecule has 0 atom stereocenters. The number of rotatable bonds is 4. The third kappa shape index (κ3) is 3.96. The van der Waals surface area contributed by atoms with E-state index < -0.39 is 0 Å². The van der Waals surface area contributed by atoms with E-state index in [0.29, 0.717) is 24.6 Å². The fourth-order valence-electron chi connectivity index (χ4n) is 4.47. The van der Waals surface area contributed by atoms with Gasteiger partial charge in [-0.25, -0.2) is 9.36 Å². The summed E-state index contributed by atoms with van der Waals surface area (Å²) in [5.74, 6) is 0.955. The second-order valence-corrected chi connectivity index (χ2v) is 8.55. The van der Waals surface area contributed by atoms with Gasteiger partial charge >= 0.3 is 0 Å². The topological polar surface area (TPSA) is 68.3 Å². The summed E-state index contributed by atoms with van der Waals surface area (Å²) in [4.78, 5) is 2.25. The third-order valence-electron chi connectivity index (χ3n) is 6.26. The minimum atomic E-state index is 0.0602. The Morgan fingerprint density at radius 3 is 2.03 bits per heavy atom. The molecule has 1 saturated heterocycles. The maximum absolute atomic E-state index is 10.8. The number of aromatic hydroxyl groups is 1. The van der Waals surface area contributed by atoms with Gasteiger partial charge < -0.3 is 14.7 Å². The van der Waals surface area contributed by atoms with E-state index in [1.165, 1.54) is 0 Å². The first-order valence-corrected chi connectivity index (χ1v) is 11.6. The minimum absolute atomic E-state index is 0.0602. The number of hydrogen-bond acceptors (Lipinski definition) is 5. The van der Waals surface area contributed by atoms with Crippen molar-refractivity contribution in [2.24, 2.45) is 0 Å². The molecule has 7 heteroatoms. The Labute approximate surface area is 203 Å². The van der Waals surface area contributed by atoms with Crippen LogP contribution in [0.4, 0.5) is 0 Å². The summed E-state index contributed by atoms with van der Waals surface area (Å²) in [6.07, 6.45) is 3.95. The summed E-state index contributed by atoms with van der Waals surface area (Å²) in [7, 11) is 0. The smallest absolute Gasteiger partial charge is 0.214 e. The van der Waals surface area contributed by atoms with Gasteiger partial charge in [-0.15, -0.1) is 0 Å². The lowest BCUT2D eigenvalue weighted by molar-refractivity contribution is 0.0612. The Kier molecular flexibility index (Phi) is 5.31. The number of benzene rings is 2. The molecular formula is C28H25N5O2. The van der Waals surface area contributed by atoms with Gasteiger partial charge in [0, 0.05) is 36.4 Å². The van der Waals surface area contributed by atoms with Gasteiger partial charge in [-0.3, -0.25) is 0 Å². The van der Waals surface area contributed by atoms with Crippen LogP contribution in [-0.4, -0.2) is 55.9 Å². The van der Waals surface area contributed by atoms with Crippen molar-refractivity contribution in [3.05, 3.63) is 97.2 Å². The Morgan fingerprint density at radius 1 is 0.771 bits per heavy atom. The van der Waals surface area contributed by atoms with Crippen LogP contribution >= 0.6 is 0 Å². The van der Waals surface area contributed by atoms with Crippen molar-refractivity contribution in [3.8, 4) is 28.4 Å². The quantitative estimate of drug-likeness (QED) is 0.470. The standard InChI is InChI=1S/C28H25N5O2/c1-20-16-23(32-28(34)19-25(29-32)22-10-6-3-7-11-22)17-27(31-12-14-35-15-13-31)33-26(20)18-24(30-33)21-8-4-2-5-9-21/h2-11,16-19,34H,1,12-15H2. The summed E-state index contributed by atoms with van der Waals surface area (Å²) in [6.45, 7) is 7.11. The zero-order chi connectivity index (χ0) is 23.8. The molecule has 0 radical (unpaired) electrons. The minimum Gasteiger partial charge on any atom is -0.493 e. The molecule has 0 saturated carbocycles. The van der Waals surface area contributed by atoms with Gasteiger partial charge in [0.15, 0.2) is 0 Å². The van der Waals surface area contributed by atoms with Gasteiger partial charge in [-0.05, 0) is 17.7 Å². The third-order valence-corrected chi connectivity index (χ3v) is 6.26. The molecule has 2 aromatic carbocycles. The summed E-state index contributed by atoms with van der Waals surface area (Å²) >= 11 is 0. The fourth-order valence-corrected chi connectivity index (χ4v) is 4.47. The van der Waals surface area contributed by atoms with Gasteiger partial charge in [-0.2, -0.15) is 10.2 Å². The van der Waals surface area contributed by atoms with Gasteiger partial charge in [0.1, 0.15) is 5.82 Å². The molecule has 6 rings (SSSR count). The normalized spacial score (nSPS) is 15.9. The van der Waals surface area contributed by atoms with E-state index in [2.05, 4.69) is 29.7 Å². The highest BCUT2D eigenvalue weighted by molar-refractivity contribution is 5.87. The SMILES string of the molecule is C=C1C=C(n2nc(-c3ccccc3)cc2O)C=C(N2CCOCC2)n2nc(-c3ccccc3)cc21. The summed E-state index contributed by atoms with van der Waals surface area (Å²) in [5.41, 5.74) is 5.95. The summed E-state index contributed by atoms with van der Waals surface area (Å²) in [5, 5.41) is 20.5. The van der Waals surface area contributed by atoms with E-state index in [1.807, 2.05) is 65.4 Å². The molecule has 0 aliphatic carbocycles. The maximum Gasteiger partial charge on any atom is 0.214 e. The number of ether oxygens (including phenoxy) is 1. The predicted molar refractivity (Wildman–Crippen MR) is 137 cm³/mol. The Balaban J connectivity index is 1.47. The molecule has 1 fully saturated rings. The summed E-state index contributed by atoms with van der Waals surface area (Å²) in [6, 6.07) is 23.7. The zero-order valence-corrected chi connectivity index (χ0v) is 19.2. The molecule has 7 nitrogen and oxygen atoms in total. The van der Waals surface area contributed by atoms with Crippen molar-refractivity contribution in [2.75, 3.05) is 26.3 Å². The molecule has 0 amide bonds. The molecule has 0 unspecified atom stereocenters. The highest BCUT2D eigenvalue weighted by atomic mass is 16.5. The van der Waals surface area contributed by atoms with Gasteiger partial charge in [0.25, 0.3) is 0 Å². The van der Waals surface area contributed by atoms with Crippen molar-refractivity contribution in [1.29, 1.82) is 0 Å². The molecule has 4 aromatic rings. The average molecular weight is 464 g/mol. The monoisotopic (exact) mass is 463 g/mol. The van der Waals surface area contributed by atoms with E-state index in [0.717, 1.165) is 47.0 Å². The first-order valence-electron chi connectivity index (χ1n) is 11.6. The lowest BCUT2D eigenvalue weighted by atomic mass is 10.1. The van der Waals surface area contributed by atoms with Crippen LogP contribution in [0.1, 0.15) is 5.69 Å². The van der Waals surface area contributed by atoms with E-state index in [9.17, 15) is 5.11 Å². The largest absolute Gasteiger partial charge is 0.493 e. The molecule has 35 heavy (non-hydrogen) atoms. The summed E-state index contributed by atoms with van der Waals surface area (Å²) < 4.78 is 9.10. The second-order valence-electron chi connectivity index (χ2n) is 8.55. The van der Waals surface area contributed by atoms with Crippen molar-refractivity contribution >= 4 is 17.1 Å². The molecule has 1 N–H and O–H groups in total. The van der Waals surface area contributed by atoms with Crippen LogP contribution in [0.15, 0.2) is 91.5 Å². The van der Waals surface area contributed by atoms with Crippen molar-refractivity contribution in [3.63, 3.8) is 0 Å². The molecule has 174 valence electrons. The lowest BCUT2D eigenvalue weighted by Crippen LogP contribution is -2.37. The Hall–Kier alpha value is -4.36. The predicted octanol–water partition coefficient (Wildman–Crippen LogP) is 4.82. The Bertz CT molecular complexity index is 1440. The Morgan fingerprint density at radius 2 is 1.37 bits per heavy atom. The van der Waals surface area contributed by atoms with Crippen LogP contribution < -0.4 is 0 Å². The number of aromatic nitrogens is 4. The van der Waals surface area contributed by atoms with Crippen molar-refractivity contribution in [1.82, 2.24) is 24.5 Å². The van der Waals surface area contributed by atoms with Crippen LogP contribution in [0.5, 0.6) is 5.88 Å². The van der Waals surface area contributed by atoms with Crippen molar-refractivity contribution in [2.45, 2.75) is 0 Å². The van der Waals surface area contributed by atoms with E-state index in [-0.39, 0.29) is 5.88 Å². The number of allylic oxidation sites excluding steroid dienone is 4. The van der Waals surface area contributed by atoms with Crippen LogP contribution in [0.3, 0.4) is 0 Å². The van der Waals surface area contributed by atoms with Gasteiger partial charge in [0.05, 0.1) is 36.0 Å². The van der Waals surface area contributed by atoms with Gasteiger partial charge in [0.2, 0.25) is 5.88 Å². The number of hydrogen-bond donors (Lipinski definition) is 1. The fraction of sp³-hybridized carbons (Fsp3) is 0.143. The highest BCUT2D eigenvalue weighted by Crippen LogP contribution is 2.34. The maximum atomic E-state index is 10.8. The molecule has 0 bridgehead atoms. The van der Waals surface area contributed by atoms with E-state index in [1.54, 1.807) is 10.7 Å². The molecular weight excluding hydrogens is 438 g/mol. The van der Waals surface area contributed by atoms with Crippen LogP contribution in [0, 0.1) is 0 Å². The molecule has 2 aromatic heterocycles. The molecule has 0 spiro atoms. The molecule has 4 heterocycles. The van der Waals surface area contributed by atoms with Crippen LogP contribution in [0.25, 0.3) is 39.6 Å². The average Bonchev–Trinajstić information content (AvgIpc) is 3.49. The molecule has 2 aliphatic rings. The van der Waals surface area contributed by atoms with Crippen LogP contribution in [0.2, 0.25) is 0 Å².